The van der Waals surface area contributed by atoms with E-state index < -0.39 is 27.6 Å². The lowest BCUT2D eigenvalue weighted by molar-refractivity contribution is 0.183. The average molecular weight is 292 g/mol. The second-order valence-corrected chi connectivity index (χ2v) is 11.7. The molecule has 17 heavy (non-hydrogen) atoms. The van der Waals surface area contributed by atoms with E-state index in [9.17, 15) is 0 Å². The van der Waals surface area contributed by atoms with Crippen LogP contribution in [0.1, 0.15) is 39.5 Å². The third-order valence-electron chi connectivity index (χ3n) is 2.95. The first-order valence-corrected chi connectivity index (χ1v) is 13.0. The number of hydrogen-bond donors (Lipinski definition) is 0. The van der Waals surface area contributed by atoms with Gasteiger partial charge in [0.2, 0.25) is 0 Å². The summed E-state index contributed by atoms with van der Waals surface area (Å²) in [5.41, 5.74) is 0. The molecule has 0 aliphatic carbocycles. The molecule has 0 bridgehead atoms. The Balaban J connectivity index is 2.31. The summed E-state index contributed by atoms with van der Waals surface area (Å²) in [6.45, 7) is 8.82. The molecule has 0 aromatic heterocycles. The van der Waals surface area contributed by atoms with Crippen LogP contribution in [0.2, 0.25) is 25.2 Å². The summed E-state index contributed by atoms with van der Waals surface area (Å²) in [4.78, 5) is 0. The lowest BCUT2D eigenvalue weighted by Gasteiger charge is -2.29. The fraction of sp³-hybridized carbons (Fsp3) is 1.00. The minimum absolute atomic E-state index is 0.346. The van der Waals surface area contributed by atoms with E-state index in [0.717, 1.165) is 12.1 Å². The van der Waals surface area contributed by atoms with Gasteiger partial charge in [0, 0.05) is 6.10 Å². The third-order valence-corrected chi connectivity index (χ3v) is 11.5. The molecule has 3 unspecified atom stereocenters. The molecule has 0 N–H and O–H groups in total. The molecular formula is C11H27O3Si3. The van der Waals surface area contributed by atoms with E-state index in [-0.39, 0.29) is 0 Å². The van der Waals surface area contributed by atoms with Crippen LogP contribution in [0.3, 0.4) is 0 Å². The fourth-order valence-electron chi connectivity index (χ4n) is 2.18. The summed E-state index contributed by atoms with van der Waals surface area (Å²) in [5, 5.41) is 0. The lowest BCUT2D eigenvalue weighted by Crippen LogP contribution is -2.41. The van der Waals surface area contributed by atoms with Crippen molar-refractivity contribution in [1.29, 1.82) is 0 Å². The van der Waals surface area contributed by atoms with Crippen LogP contribution in [0.25, 0.3) is 0 Å². The highest BCUT2D eigenvalue weighted by atomic mass is 28.4. The van der Waals surface area contributed by atoms with E-state index in [1.807, 2.05) is 0 Å². The maximum absolute atomic E-state index is 6.08. The summed E-state index contributed by atoms with van der Waals surface area (Å²) in [6, 6.07) is 2.27. The van der Waals surface area contributed by atoms with Crippen molar-refractivity contribution in [2.24, 2.45) is 0 Å². The topological polar surface area (TPSA) is 27.7 Å². The Morgan fingerprint density at radius 1 is 1.24 bits per heavy atom. The van der Waals surface area contributed by atoms with Gasteiger partial charge >= 0.3 is 9.28 Å². The second-order valence-electron chi connectivity index (χ2n) is 4.98. The second kappa shape index (κ2) is 8.60. The van der Waals surface area contributed by atoms with Gasteiger partial charge in [0.15, 0.2) is 9.04 Å². The van der Waals surface area contributed by atoms with E-state index in [1.165, 1.54) is 25.7 Å². The van der Waals surface area contributed by atoms with Crippen molar-refractivity contribution in [2.75, 3.05) is 0 Å². The van der Waals surface area contributed by atoms with E-state index in [2.05, 4.69) is 26.9 Å². The smallest absolute Gasteiger partial charge is 0.375 e. The van der Waals surface area contributed by atoms with Crippen molar-refractivity contribution in [1.82, 2.24) is 0 Å². The Hall–Kier alpha value is 0.531. The molecule has 1 aliphatic heterocycles. The summed E-state index contributed by atoms with van der Waals surface area (Å²) in [6.07, 6.45) is 5.53. The molecule has 1 heterocycles. The van der Waals surface area contributed by atoms with E-state index in [0.29, 0.717) is 6.10 Å². The molecule has 0 aromatic carbocycles. The molecular weight excluding hydrogens is 264 g/mol. The molecule has 0 spiro atoms. The van der Waals surface area contributed by atoms with Gasteiger partial charge in [-0.2, -0.15) is 0 Å². The molecule has 1 saturated heterocycles. The van der Waals surface area contributed by atoms with Gasteiger partial charge in [-0.3, -0.25) is 0 Å². The Morgan fingerprint density at radius 3 is 2.71 bits per heavy atom. The SMILES string of the molecule is CCCCCC[Si]1OC(C)C[SiH](C)O[SiH](C)O1. The first kappa shape index (κ1) is 15.6. The Bertz CT molecular complexity index is 192. The summed E-state index contributed by atoms with van der Waals surface area (Å²) < 4.78 is 18.1. The van der Waals surface area contributed by atoms with Gasteiger partial charge in [0.1, 0.15) is 0 Å². The van der Waals surface area contributed by atoms with Gasteiger partial charge in [-0.25, -0.2) is 0 Å². The standard InChI is InChI=1S/C11H27O3Si3/c1-5-6-7-8-9-17-12-11(2)10-15(3)13-16(4)14-17/h11,15-16H,5-10H2,1-4H3. The van der Waals surface area contributed by atoms with Crippen molar-refractivity contribution in [3.05, 3.63) is 0 Å². The Morgan fingerprint density at radius 2 is 2.00 bits per heavy atom. The van der Waals surface area contributed by atoms with Gasteiger partial charge in [0.25, 0.3) is 9.28 Å². The van der Waals surface area contributed by atoms with Crippen LogP contribution in [-0.2, 0) is 12.7 Å². The van der Waals surface area contributed by atoms with Gasteiger partial charge < -0.3 is 12.7 Å². The van der Waals surface area contributed by atoms with Crippen LogP contribution >= 0.6 is 0 Å². The van der Waals surface area contributed by atoms with E-state index >= 15 is 0 Å². The summed E-state index contributed by atoms with van der Waals surface area (Å²) in [7, 11) is -3.46. The fourth-order valence-corrected chi connectivity index (χ4v) is 10.6. The predicted octanol–water partition coefficient (Wildman–Crippen LogP) is 2.71. The largest absolute Gasteiger partial charge is 0.441 e. The molecule has 101 valence electrons. The minimum Gasteiger partial charge on any atom is -0.441 e. The zero-order chi connectivity index (χ0) is 12.7. The average Bonchev–Trinajstić information content (AvgIpc) is 2.21. The normalized spacial score (nSPS) is 32.1. The number of hydrogen-bond acceptors (Lipinski definition) is 3. The highest BCUT2D eigenvalue weighted by Gasteiger charge is 2.28. The summed E-state index contributed by atoms with van der Waals surface area (Å²) in [5.74, 6) is 0. The molecule has 1 fully saturated rings. The van der Waals surface area contributed by atoms with Crippen LogP contribution in [0.4, 0.5) is 0 Å². The molecule has 3 atom stereocenters. The van der Waals surface area contributed by atoms with Crippen molar-refractivity contribution in [3.63, 3.8) is 0 Å². The first-order chi connectivity index (χ1) is 8.11. The predicted molar refractivity (Wildman–Crippen MR) is 78.3 cm³/mol. The van der Waals surface area contributed by atoms with Gasteiger partial charge in [0.05, 0.1) is 0 Å². The number of unbranched alkanes of at least 4 members (excludes halogenated alkanes) is 3. The monoisotopic (exact) mass is 291 g/mol. The number of rotatable bonds is 5. The zero-order valence-electron chi connectivity index (χ0n) is 11.7. The highest BCUT2D eigenvalue weighted by Crippen LogP contribution is 2.17. The highest BCUT2D eigenvalue weighted by molar-refractivity contribution is 6.67. The molecule has 3 nitrogen and oxygen atoms in total. The third kappa shape index (κ3) is 6.88. The van der Waals surface area contributed by atoms with Crippen LogP contribution < -0.4 is 0 Å². The maximum atomic E-state index is 6.08. The molecule has 0 amide bonds. The van der Waals surface area contributed by atoms with Gasteiger partial charge in [-0.05, 0) is 32.1 Å². The molecule has 0 aromatic rings. The van der Waals surface area contributed by atoms with Crippen molar-refractivity contribution in [3.8, 4) is 0 Å². The van der Waals surface area contributed by atoms with Crippen molar-refractivity contribution >= 4 is 27.6 Å². The van der Waals surface area contributed by atoms with Crippen molar-refractivity contribution in [2.45, 2.75) is 70.8 Å². The molecule has 0 saturated carbocycles. The zero-order valence-corrected chi connectivity index (χ0v) is 15.0. The Kier molecular flexibility index (Phi) is 7.89. The van der Waals surface area contributed by atoms with Gasteiger partial charge in [-0.15, -0.1) is 0 Å². The van der Waals surface area contributed by atoms with Crippen LogP contribution in [-0.4, -0.2) is 33.7 Å². The van der Waals surface area contributed by atoms with Crippen LogP contribution in [0.15, 0.2) is 0 Å². The minimum atomic E-state index is -1.39. The first-order valence-electron chi connectivity index (χ1n) is 6.96. The molecule has 1 radical (unpaired) electrons. The van der Waals surface area contributed by atoms with Gasteiger partial charge in [-0.1, -0.05) is 32.6 Å². The van der Waals surface area contributed by atoms with E-state index in [1.54, 1.807) is 0 Å². The van der Waals surface area contributed by atoms with E-state index in [4.69, 9.17) is 12.7 Å². The lowest BCUT2D eigenvalue weighted by atomic mass is 10.2. The van der Waals surface area contributed by atoms with Crippen molar-refractivity contribution < 1.29 is 12.7 Å². The Labute approximate surface area is 111 Å². The quantitative estimate of drug-likeness (QED) is 0.576. The molecule has 6 heteroatoms. The summed E-state index contributed by atoms with van der Waals surface area (Å²) >= 11 is 0. The van der Waals surface area contributed by atoms with Crippen LogP contribution in [0.5, 0.6) is 0 Å². The van der Waals surface area contributed by atoms with Crippen LogP contribution in [0, 0.1) is 0 Å². The molecule has 1 aliphatic rings. The molecule has 1 rings (SSSR count). The maximum Gasteiger partial charge on any atom is 0.375 e.